The second-order valence-corrected chi connectivity index (χ2v) is 4.88. The summed E-state index contributed by atoms with van der Waals surface area (Å²) >= 11 is 0. The van der Waals surface area contributed by atoms with Crippen LogP contribution in [0.3, 0.4) is 0 Å². The van der Waals surface area contributed by atoms with Crippen LogP contribution in [0.25, 0.3) is 6.20 Å². The number of carbonyl (C=O) groups is 1. The molecule has 1 aromatic rings. The average molecular weight is 292 g/mol. The third-order valence-electron chi connectivity index (χ3n) is 2.82. The van der Waals surface area contributed by atoms with Crippen LogP contribution in [0.4, 0.5) is 0 Å². The second kappa shape index (κ2) is 13.2. The summed E-state index contributed by atoms with van der Waals surface area (Å²) in [6, 6.07) is 0. The van der Waals surface area contributed by atoms with Crippen LogP contribution in [0.15, 0.2) is 37.5 Å². The van der Waals surface area contributed by atoms with Crippen molar-refractivity contribution in [2.24, 2.45) is 0 Å². The van der Waals surface area contributed by atoms with E-state index in [-0.39, 0.29) is 5.97 Å². The Bertz CT molecular complexity index is 397. The number of hydrogen-bond acceptors (Lipinski definition) is 3. The summed E-state index contributed by atoms with van der Waals surface area (Å²) in [5.74, 6) is -0.265. The quantitative estimate of drug-likeness (QED) is 0.384. The van der Waals surface area contributed by atoms with Crippen molar-refractivity contribution in [3.8, 4) is 0 Å². The highest BCUT2D eigenvalue weighted by molar-refractivity contribution is 5.86. The number of nitrogens with zero attached hydrogens (tertiary/aromatic N) is 2. The van der Waals surface area contributed by atoms with Crippen molar-refractivity contribution in [1.29, 1.82) is 0 Å². The lowest BCUT2D eigenvalue weighted by atomic mass is 10.1. The van der Waals surface area contributed by atoms with Gasteiger partial charge in [-0.25, -0.2) is 9.78 Å². The van der Waals surface area contributed by atoms with Crippen LogP contribution in [-0.4, -0.2) is 22.1 Å². The van der Waals surface area contributed by atoms with Crippen LogP contribution in [0.1, 0.15) is 52.4 Å². The first-order chi connectivity index (χ1) is 10.1. The van der Waals surface area contributed by atoms with E-state index >= 15 is 0 Å². The van der Waals surface area contributed by atoms with Gasteiger partial charge in [0.15, 0.2) is 0 Å². The Labute approximate surface area is 128 Å². The zero-order valence-corrected chi connectivity index (χ0v) is 13.4. The molecule has 0 amide bonds. The summed E-state index contributed by atoms with van der Waals surface area (Å²) in [6.07, 6.45) is 14.2. The van der Waals surface area contributed by atoms with Gasteiger partial charge in [-0.15, -0.1) is 0 Å². The SMILES string of the molecule is C=C(C)C(=O)OCCCCCCCC.C=Cn1ccnc1. The maximum absolute atomic E-state index is 11.0. The Kier molecular flexibility index (Phi) is 12.0. The molecule has 0 spiro atoms. The van der Waals surface area contributed by atoms with Gasteiger partial charge in [-0.05, 0) is 13.3 Å². The lowest BCUT2D eigenvalue weighted by Gasteiger charge is -2.03. The molecule has 118 valence electrons. The van der Waals surface area contributed by atoms with Gasteiger partial charge < -0.3 is 9.30 Å². The van der Waals surface area contributed by atoms with Gasteiger partial charge in [-0.2, -0.15) is 0 Å². The molecule has 0 unspecified atom stereocenters. The Morgan fingerprint density at radius 3 is 2.43 bits per heavy atom. The molecule has 0 saturated heterocycles. The zero-order chi connectivity index (χ0) is 15.9. The predicted molar refractivity (Wildman–Crippen MR) is 87.8 cm³/mol. The molecule has 0 saturated carbocycles. The molecule has 0 fully saturated rings. The fourth-order valence-electron chi connectivity index (χ4n) is 1.55. The summed E-state index contributed by atoms with van der Waals surface area (Å²) in [5, 5.41) is 0. The van der Waals surface area contributed by atoms with Crippen molar-refractivity contribution in [3.63, 3.8) is 0 Å². The molecule has 0 aliphatic rings. The van der Waals surface area contributed by atoms with Crippen molar-refractivity contribution < 1.29 is 9.53 Å². The molecule has 0 aliphatic heterocycles. The summed E-state index contributed by atoms with van der Waals surface area (Å²) in [6.45, 7) is 11.5. The number of rotatable bonds is 9. The van der Waals surface area contributed by atoms with Crippen LogP contribution >= 0.6 is 0 Å². The smallest absolute Gasteiger partial charge is 0.333 e. The minimum absolute atomic E-state index is 0.265. The Balaban J connectivity index is 0.000000471. The van der Waals surface area contributed by atoms with Gasteiger partial charge in [0, 0.05) is 24.2 Å². The molecular weight excluding hydrogens is 264 g/mol. The summed E-state index contributed by atoms with van der Waals surface area (Å²) in [7, 11) is 0. The summed E-state index contributed by atoms with van der Waals surface area (Å²) in [5.41, 5.74) is 0.482. The normalized spacial score (nSPS) is 9.43. The first kappa shape index (κ1) is 19.2. The van der Waals surface area contributed by atoms with Gasteiger partial charge in [0.25, 0.3) is 0 Å². The van der Waals surface area contributed by atoms with E-state index in [0.29, 0.717) is 12.2 Å². The van der Waals surface area contributed by atoms with Gasteiger partial charge in [-0.3, -0.25) is 0 Å². The van der Waals surface area contributed by atoms with E-state index in [9.17, 15) is 4.79 Å². The molecule has 1 heterocycles. The molecule has 0 N–H and O–H groups in total. The Morgan fingerprint density at radius 1 is 1.29 bits per heavy atom. The molecule has 1 rings (SSSR count). The lowest BCUT2D eigenvalue weighted by molar-refractivity contribution is -0.139. The van der Waals surface area contributed by atoms with Crippen LogP contribution in [0, 0.1) is 0 Å². The van der Waals surface area contributed by atoms with Gasteiger partial charge in [-0.1, -0.05) is 52.2 Å². The van der Waals surface area contributed by atoms with Crippen LogP contribution < -0.4 is 0 Å². The van der Waals surface area contributed by atoms with Crippen molar-refractivity contribution in [2.45, 2.75) is 52.4 Å². The van der Waals surface area contributed by atoms with E-state index in [1.807, 2.05) is 6.20 Å². The van der Waals surface area contributed by atoms with Gasteiger partial charge in [0.2, 0.25) is 0 Å². The van der Waals surface area contributed by atoms with E-state index in [1.54, 1.807) is 30.2 Å². The molecule has 0 radical (unpaired) electrons. The molecule has 1 aromatic heterocycles. The summed E-state index contributed by atoms with van der Waals surface area (Å²) < 4.78 is 6.75. The third-order valence-corrected chi connectivity index (χ3v) is 2.82. The largest absolute Gasteiger partial charge is 0.462 e. The standard InChI is InChI=1S/C12H22O2.C5H6N2/c1-4-5-6-7-8-9-10-14-12(13)11(2)3;1-2-7-4-3-6-5-7/h2,4-10H2,1,3H3;2-5H,1H2. The number of carbonyl (C=O) groups excluding carboxylic acids is 1. The number of hydrogen-bond donors (Lipinski definition) is 0. The number of imidazole rings is 1. The highest BCUT2D eigenvalue weighted by Gasteiger charge is 2.01. The van der Waals surface area contributed by atoms with Gasteiger partial charge in [0.1, 0.15) is 0 Å². The van der Waals surface area contributed by atoms with E-state index in [1.165, 1.54) is 25.7 Å². The molecule has 0 atom stereocenters. The van der Waals surface area contributed by atoms with Gasteiger partial charge >= 0.3 is 5.97 Å². The van der Waals surface area contributed by atoms with Crippen molar-refractivity contribution in [1.82, 2.24) is 9.55 Å². The fraction of sp³-hybridized carbons (Fsp3) is 0.529. The minimum atomic E-state index is -0.265. The minimum Gasteiger partial charge on any atom is -0.462 e. The van der Waals surface area contributed by atoms with Crippen molar-refractivity contribution in [3.05, 3.63) is 37.5 Å². The van der Waals surface area contributed by atoms with Crippen LogP contribution in [-0.2, 0) is 9.53 Å². The fourth-order valence-corrected chi connectivity index (χ4v) is 1.55. The van der Waals surface area contributed by atoms with Crippen molar-refractivity contribution >= 4 is 12.2 Å². The molecule has 4 nitrogen and oxygen atoms in total. The molecule has 0 aliphatic carbocycles. The van der Waals surface area contributed by atoms with E-state index in [4.69, 9.17) is 4.74 Å². The molecule has 0 bridgehead atoms. The summed E-state index contributed by atoms with van der Waals surface area (Å²) in [4.78, 5) is 14.7. The van der Waals surface area contributed by atoms with Crippen LogP contribution in [0.2, 0.25) is 0 Å². The van der Waals surface area contributed by atoms with E-state index in [0.717, 1.165) is 12.8 Å². The number of aromatic nitrogens is 2. The third kappa shape index (κ3) is 11.7. The molecule has 21 heavy (non-hydrogen) atoms. The highest BCUT2D eigenvalue weighted by atomic mass is 16.5. The Morgan fingerprint density at radius 2 is 1.95 bits per heavy atom. The molecule has 0 aromatic carbocycles. The molecule has 4 heteroatoms. The molecular formula is C17H28N2O2. The lowest BCUT2D eigenvalue weighted by Crippen LogP contribution is -2.05. The number of ether oxygens (including phenoxy) is 1. The first-order valence-electron chi connectivity index (χ1n) is 7.54. The van der Waals surface area contributed by atoms with E-state index in [2.05, 4.69) is 25.1 Å². The van der Waals surface area contributed by atoms with E-state index < -0.39 is 0 Å². The monoisotopic (exact) mass is 292 g/mol. The second-order valence-electron chi connectivity index (χ2n) is 4.88. The topological polar surface area (TPSA) is 44.1 Å². The number of esters is 1. The zero-order valence-electron chi connectivity index (χ0n) is 13.4. The first-order valence-corrected chi connectivity index (χ1v) is 7.54. The highest BCUT2D eigenvalue weighted by Crippen LogP contribution is 2.05. The maximum Gasteiger partial charge on any atom is 0.333 e. The number of unbranched alkanes of at least 4 members (excludes halogenated alkanes) is 5. The average Bonchev–Trinajstić information content (AvgIpc) is 3.00. The van der Waals surface area contributed by atoms with Crippen LogP contribution in [0.5, 0.6) is 0 Å². The maximum atomic E-state index is 11.0. The van der Waals surface area contributed by atoms with Crippen molar-refractivity contribution in [2.75, 3.05) is 6.61 Å². The predicted octanol–water partition coefficient (Wildman–Crippen LogP) is 4.45. The Hall–Kier alpha value is -1.84. The van der Waals surface area contributed by atoms with Gasteiger partial charge in [0.05, 0.1) is 12.9 Å².